The summed E-state index contributed by atoms with van der Waals surface area (Å²) in [5, 5.41) is 5.98. The number of benzene rings is 2. The Bertz CT molecular complexity index is 907. The second kappa shape index (κ2) is 10.7. The topological polar surface area (TPSA) is 70.7 Å². The van der Waals surface area contributed by atoms with Crippen LogP contribution in [0, 0.1) is 5.82 Å². The van der Waals surface area contributed by atoms with Crippen LogP contribution >= 0.6 is 23.2 Å². The molecule has 1 atom stereocenters. The van der Waals surface area contributed by atoms with Crippen LogP contribution in [0.15, 0.2) is 42.5 Å². The smallest absolute Gasteiger partial charge is 0.253 e. The quantitative estimate of drug-likeness (QED) is 0.675. The molecule has 2 aromatic rings. The average Bonchev–Trinajstić information content (AvgIpc) is 2.73. The lowest BCUT2D eigenvalue weighted by Gasteiger charge is -2.35. The Morgan fingerprint density at radius 2 is 1.87 bits per heavy atom. The maximum atomic E-state index is 13.7. The van der Waals surface area contributed by atoms with Gasteiger partial charge in [-0.05, 0) is 35.9 Å². The standard InChI is InChI=1S/C21H22Cl2FN3O3/c22-15-4-5-17(18(23)11-15)21(29)26-13-20(28)25-12-19(27-6-8-30-9-7-27)14-2-1-3-16(24)10-14/h1-5,10-11,19H,6-9,12-13H2,(H,25,28)(H,26,29). The number of carbonyl (C=O) groups excluding carboxylic acids is 2. The molecule has 9 heteroatoms. The summed E-state index contributed by atoms with van der Waals surface area (Å²) in [7, 11) is 0. The molecule has 1 heterocycles. The summed E-state index contributed by atoms with van der Waals surface area (Å²) >= 11 is 11.8. The van der Waals surface area contributed by atoms with Gasteiger partial charge in [0.1, 0.15) is 5.82 Å². The Hall–Kier alpha value is -2.19. The summed E-state index contributed by atoms with van der Waals surface area (Å²) in [6.07, 6.45) is 0. The number of rotatable bonds is 7. The zero-order valence-corrected chi connectivity index (χ0v) is 17.7. The first kappa shape index (κ1) is 22.5. The van der Waals surface area contributed by atoms with E-state index in [1.54, 1.807) is 12.1 Å². The average molecular weight is 454 g/mol. The monoisotopic (exact) mass is 453 g/mol. The minimum absolute atomic E-state index is 0.199. The molecule has 0 aromatic heterocycles. The Kier molecular flexibility index (Phi) is 8.04. The zero-order chi connectivity index (χ0) is 21.5. The fourth-order valence-corrected chi connectivity index (χ4v) is 3.76. The molecule has 1 unspecified atom stereocenters. The molecule has 0 bridgehead atoms. The van der Waals surface area contributed by atoms with Gasteiger partial charge in [0, 0.05) is 24.7 Å². The van der Waals surface area contributed by atoms with Crippen molar-refractivity contribution in [3.8, 4) is 0 Å². The molecule has 0 spiro atoms. The first-order valence-corrected chi connectivity index (χ1v) is 10.3. The Balaban J connectivity index is 1.58. The molecule has 2 aromatic carbocycles. The molecular formula is C21H22Cl2FN3O3. The predicted octanol–water partition coefficient (Wildman–Crippen LogP) is 3.05. The van der Waals surface area contributed by atoms with Crippen molar-refractivity contribution < 1.29 is 18.7 Å². The van der Waals surface area contributed by atoms with Gasteiger partial charge in [0.25, 0.3) is 5.91 Å². The van der Waals surface area contributed by atoms with E-state index in [2.05, 4.69) is 15.5 Å². The zero-order valence-electron chi connectivity index (χ0n) is 16.2. The van der Waals surface area contributed by atoms with E-state index in [-0.39, 0.29) is 41.4 Å². The number of nitrogens with one attached hydrogen (secondary N) is 2. The number of halogens is 3. The maximum Gasteiger partial charge on any atom is 0.253 e. The van der Waals surface area contributed by atoms with Crippen molar-refractivity contribution in [2.45, 2.75) is 6.04 Å². The summed E-state index contributed by atoms with van der Waals surface area (Å²) in [6.45, 7) is 2.59. The highest BCUT2D eigenvalue weighted by molar-refractivity contribution is 6.36. The van der Waals surface area contributed by atoms with E-state index in [0.29, 0.717) is 31.3 Å². The van der Waals surface area contributed by atoms with E-state index in [9.17, 15) is 14.0 Å². The van der Waals surface area contributed by atoms with Crippen LogP contribution < -0.4 is 10.6 Å². The van der Waals surface area contributed by atoms with Crippen molar-refractivity contribution in [3.05, 3.63) is 69.5 Å². The molecule has 1 aliphatic heterocycles. The second-order valence-corrected chi connectivity index (χ2v) is 7.67. The first-order chi connectivity index (χ1) is 14.4. The molecule has 1 aliphatic rings. The first-order valence-electron chi connectivity index (χ1n) is 9.51. The third-order valence-corrected chi connectivity index (χ3v) is 5.35. The summed E-state index contributed by atoms with van der Waals surface area (Å²) in [5.74, 6) is -1.16. The SMILES string of the molecule is O=C(CNC(=O)c1ccc(Cl)cc1Cl)NCC(c1cccc(F)c1)N1CCOCC1. The normalized spacial score (nSPS) is 15.4. The van der Waals surface area contributed by atoms with E-state index in [1.807, 2.05) is 6.07 Å². The third kappa shape index (κ3) is 6.15. The van der Waals surface area contributed by atoms with Gasteiger partial charge in [0.15, 0.2) is 0 Å². The molecular weight excluding hydrogens is 432 g/mol. The molecule has 30 heavy (non-hydrogen) atoms. The van der Waals surface area contributed by atoms with E-state index < -0.39 is 5.91 Å². The van der Waals surface area contributed by atoms with Gasteiger partial charge in [0.2, 0.25) is 5.91 Å². The molecule has 1 fully saturated rings. The number of nitrogens with zero attached hydrogens (tertiary/aromatic N) is 1. The fourth-order valence-electron chi connectivity index (χ4n) is 3.26. The van der Waals surface area contributed by atoms with Gasteiger partial charge in [0.05, 0.1) is 36.4 Å². The molecule has 0 saturated carbocycles. The van der Waals surface area contributed by atoms with E-state index in [0.717, 1.165) is 5.56 Å². The molecule has 3 rings (SSSR count). The van der Waals surface area contributed by atoms with Crippen LogP contribution in [0.3, 0.4) is 0 Å². The van der Waals surface area contributed by atoms with Crippen molar-refractivity contribution in [1.29, 1.82) is 0 Å². The van der Waals surface area contributed by atoms with Crippen molar-refractivity contribution in [2.24, 2.45) is 0 Å². The number of amides is 2. The van der Waals surface area contributed by atoms with Gasteiger partial charge >= 0.3 is 0 Å². The van der Waals surface area contributed by atoms with Gasteiger partial charge in [-0.15, -0.1) is 0 Å². The van der Waals surface area contributed by atoms with Crippen molar-refractivity contribution >= 4 is 35.0 Å². The van der Waals surface area contributed by atoms with Crippen LogP contribution in [0.25, 0.3) is 0 Å². The van der Waals surface area contributed by atoms with E-state index in [4.69, 9.17) is 27.9 Å². The van der Waals surface area contributed by atoms with E-state index in [1.165, 1.54) is 24.3 Å². The van der Waals surface area contributed by atoms with Gasteiger partial charge < -0.3 is 15.4 Å². The predicted molar refractivity (Wildman–Crippen MR) is 113 cm³/mol. The molecule has 6 nitrogen and oxygen atoms in total. The number of hydrogen-bond donors (Lipinski definition) is 2. The van der Waals surface area contributed by atoms with Crippen LogP contribution in [0.1, 0.15) is 22.0 Å². The Labute approximate surface area is 184 Å². The molecule has 160 valence electrons. The molecule has 1 saturated heterocycles. The molecule has 2 amide bonds. The number of morpholine rings is 1. The van der Waals surface area contributed by atoms with Crippen molar-refractivity contribution in [2.75, 3.05) is 39.4 Å². The molecule has 0 aliphatic carbocycles. The Morgan fingerprint density at radius 3 is 2.57 bits per heavy atom. The summed E-state index contributed by atoms with van der Waals surface area (Å²) < 4.78 is 19.1. The molecule has 2 N–H and O–H groups in total. The lowest BCUT2D eigenvalue weighted by Crippen LogP contribution is -2.45. The summed E-state index contributed by atoms with van der Waals surface area (Å²) in [4.78, 5) is 26.7. The van der Waals surface area contributed by atoms with E-state index >= 15 is 0 Å². The van der Waals surface area contributed by atoms with Gasteiger partial charge in [-0.3, -0.25) is 14.5 Å². The van der Waals surface area contributed by atoms with Crippen molar-refractivity contribution in [1.82, 2.24) is 15.5 Å². The summed E-state index contributed by atoms with van der Waals surface area (Å²) in [5.41, 5.74) is 1.01. The fraction of sp³-hybridized carbons (Fsp3) is 0.333. The van der Waals surface area contributed by atoms with Gasteiger partial charge in [-0.1, -0.05) is 35.3 Å². The third-order valence-electron chi connectivity index (χ3n) is 4.80. The number of hydrogen-bond acceptors (Lipinski definition) is 4. The van der Waals surface area contributed by atoms with Gasteiger partial charge in [-0.25, -0.2) is 4.39 Å². The van der Waals surface area contributed by atoms with Crippen LogP contribution in [0.2, 0.25) is 10.0 Å². The molecule has 0 radical (unpaired) electrons. The Morgan fingerprint density at radius 1 is 1.10 bits per heavy atom. The number of ether oxygens (including phenoxy) is 1. The lowest BCUT2D eigenvalue weighted by molar-refractivity contribution is -0.120. The largest absolute Gasteiger partial charge is 0.379 e. The second-order valence-electron chi connectivity index (χ2n) is 6.83. The van der Waals surface area contributed by atoms with Gasteiger partial charge in [-0.2, -0.15) is 0 Å². The highest BCUT2D eigenvalue weighted by atomic mass is 35.5. The minimum atomic E-state index is -0.471. The van der Waals surface area contributed by atoms with Crippen LogP contribution in [0.5, 0.6) is 0 Å². The lowest BCUT2D eigenvalue weighted by atomic mass is 10.0. The van der Waals surface area contributed by atoms with Crippen molar-refractivity contribution in [3.63, 3.8) is 0 Å². The maximum absolute atomic E-state index is 13.7. The van der Waals surface area contributed by atoms with Crippen LogP contribution in [-0.4, -0.2) is 56.1 Å². The highest BCUT2D eigenvalue weighted by Gasteiger charge is 2.23. The minimum Gasteiger partial charge on any atom is -0.379 e. The van der Waals surface area contributed by atoms with Crippen LogP contribution in [-0.2, 0) is 9.53 Å². The summed E-state index contributed by atoms with van der Waals surface area (Å²) in [6, 6.07) is 10.6. The number of carbonyl (C=O) groups is 2. The van der Waals surface area contributed by atoms with Crippen LogP contribution in [0.4, 0.5) is 4.39 Å². The highest BCUT2D eigenvalue weighted by Crippen LogP contribution is 2.22.